The molecular formula is C21H26N6O2. The molecule has 0 bridgehead atoms. The molecule has 4 rings (SSSR count). The zero-order valence-electron chi connectivity index (χ0n) is 17.3. The fourth-order valence-corrected chi connectivity index (χ4v) is 3.82. The Labute approximate surface area is 170 Å². The first-order valence-electron chi connectivity index (χ1n) is 9.74. The van der Waals surface area contributed by atoms with Gasteiger partial charge in [0.1, 0.15) is 12.1 Å². The van der Waals surface area contributed by atoms with Gasteiger partial charge in [-0.3, -0.25) is 0 Å². The van der Waals surface area contributed by atoms with E-state index in [-0.39, 0.29) is 0 Å². The number of nitrogens with zero attached hydrogens (tertiary/aromatic N) is 6. The van der Waals surface area contributed by atoms with Gasteiger partial charge < -0.3 is 19.3 Å². The largest absolute Gasteiger partial charge is 0.493 e. The van der Waals surface area contributed by atoms with Crippen LogP contribution in [0.3, 0.4) is 0 Å². The Morgan fingerprint density at radius 3 is 2.28 bits per heavy atom. The first kappa shape index (κ1) is 19.2. The zero-order valence-corrected chi connectivity index (χ0v) is 17.3. The fraction of sp³-hybridized carbons (Fsp3) is 0.429. The van der Waals surface area contributed by atoms with E-state index in [1.165, 1.54) is 0 Å². The van der Waals surface area contributed by atoms with Gasteiger partial charge in [-0.25, -0.2) is 19.9 Å². The van der Waals surface area contributed by atoms with E-state index >= 15 is 0 Å². The molecule has 1 saturated heterocycles. The second-order valence-electron chi connectivity index (χ2n) is 7.31. The number of methoxy groups -OCH3 is 2. The molecule has 0 spiro atoms. The molecule has 3 heterocycles. The average molecular weight is 394 g/mol. The van der Waals surface area contributed by atoms with Gasteiger partial charge in [0.05, 0.1) is 19.7 Å². The lowest BCUT2D eigenvalue weighted by atomic mass is 10.0. The van der Waals surface area contributed by atoms with Crippen LogP contribution in [0.5, 0.6) is 11.5 Å². The van der Waals surface area contributed by atoms with Gasteiger partial charge in [-0.1, -0.05) is 0 Å². The third kappa shape index (κ3) is 3.74. The number of rotatable bonds is 5. The minimum absolute atomic E-state index is 0.400. The minimum Gasteiger partial charge on any atom is -0.493 e. The summed E-state index contributed by atoms with van der Waals surface area (Å²) in [7, 11) is 5.34. The van der Waals surface area contributed by atoms with Crippen LogP contribution in [0.4, 0.5) is 11.8 Å². The van der Waals surface area contributed by atoms with E-state index < -0.39 is 0 Å². The molecule has 0 amide bonds. The lowest BCUT2D eigenvalue weighted by molar-refractivity contribution is 0.355. The van der Waals surface area contributed by atoms with Crippen molar-refractivity contribution in [1.29, 1.82) is 0 Å². The van der Waals surface area contributed by atoms with E-state index in [2.05, 4.69) is 36.8 Å². The van der Waals surface area contributed by atoms with Gasteiger partial charge in [-0.05, 0) is 31.4 Å². The highest BCUT2D eigenvalue weighted by molar-refractivity contribution is 5.92. The van der Waals surface area contributed by atoms with Gasteiger partial charge in [0.2, 0.25) is 5.95 Å². The molecule has 1 fully saturated rings. The molecule has 1 aliphatic heterocycles. The van der Waals surface area contributed by atoms with Crippen LogP contribution in [0.2, 0.25) is 0 Å². The van der Waals surface area contributed by atoms with Crippen LogP contribution < -0.4 is 19.3 Å². The molecule has 0 atom stereocenters. The summed E-state index contributed by atoms with van der Waals surface area (Å²) < 4.78 is 10.9. The van der Waals surface area contributed by atoms with Gasteiger partial charge in [0, 0.05) is 50.0 Å². The first-order chi connectivity index (χ1) is 14.1. The molecule has 0 saturated carbocycles. The Morgan fingerprint density at radius 1 is 0.966 bits per heavy atom. The van der Waals surface area contributed by atoms with E-state index in [1.807, 2.05) is 31.5 Å². The molecule has 1 aliphatic rings. The van der Waals surface area contributed by atoms with Crippen molar-refractivity contribution in [2.24, 2.45) is 0 Å². The molecule has 0 unspecified atom stereocenters. The predicted octanol–water partition coefficient (Wildman–Crippen LogP) is 2.85. The van der Waals surface area contributed by atoms with Crippen LogP contribution in [-0.4, -0.2) is 60.3 Å². The molecule has 1 aromatic carbocycles. The Hall–Kier alpha value is -3.16. The van der Waals surface area contributed by atoms with Gasteiger partial charge in [0.25, 0.3) is 0 Å². The molecular weight excluding hydrogens is 368 g/mol. The third-order valence-electron chi connectivity index (χ3n) is 5.51. The van der Waals surface area contributed by atoms with Crippen LogP contribution in [0.25, 0.3) is 10.9 Å². The van der Waals surface area contributed by atoms with E-state index in [0.29, 0.717) is 17.5 Å². The fourth-order valence-electron chi connectivity index (χ4n) is 3.82. The van der Waals surface area contributed by atoms with Gasteiger partial charge >= 0.3 is 0 Å². The second kappa shape index (κ2) is 8.06. The predicted molar refractivity (Wildman–Crippen MR) is 113 cm³/mol. The summed E-state index contributed by atoms with van der Waals surface area (Å²) in [5.41, 5.74) is 1.92. The number of hydrogen-bond donors (Lipinski definition) is 0. The van der Waals surface area contributed by atoms with Gasteiger partial charge in [0.15, 0.2) is 11.5 Å². The number of anilines is 2. The quantitative estimate of drug-likeness (QED) is 0.654. The molecule has 152 valence electrons. The van der Waals surface area contributed by atoms with Crippen LogP contribution >= 0.6 is 0 Å². The highest BCUT2D eigenvalue weighted by Gasteiger charge is 2.26. The molecule has 0 aliphatic carbocycles. The summed E-state index contributed by atoms with van der Waals surface area (Å²) in [6, 6.07) is 4.26. The Balaban J connectivity index is 1.54. The normalized spacial score (nSPS) is 14.8. The van der Waals surface area contributed by atoms with E-state index in [0.717, 1.165) is 54.2 Å². The smallest absolute Gasteiger partial charge is 0.225 e. The van der Waals surface area contributed by atoms with Crippen molar-refractivity contribution < 1.29 is 9.47 Å². The topological polar surface area (TPSA) is 76.5 Å². The lowest BCUT2D eigenvalue weighted by Gasteiger charge is -2.37. The minimum atomic E-state index is 0.400. The number of piperidine rings is 1. The summed E-state index contributed by atoms with van der Waals surface area (Å²) in [6.07, 6.45) is 7.35. The molecule has 0 N–H and O–H groups in total. The number of aromatic nitrogens is 4. The lowest BCUT2D eigenvalue weighted by Crippen LogP contribution is -2.44. The molecule has 3 aromatic rings. The SMILES string of the molecule is COc1cc2ncnc(N3CCC(N(C)c4ncc(C)cn4)CC3)c2cc1OC. The van der Waals surface area contributed by atoms with Crippen LogP contribution in [0, 0.1) is 6.92 Å². The van der Waals surface area contributed by atoms with E-state index in [4.69, 9.17) is 9.47 Å². The van der Waals surface area contributed by atoms with Crippen LogP contribution in [0.1, 0.15) is 18.4 Å². The maximum Gasteiger partial charge on any atom is 0.225 e. The van der Waals surface area contributed by atoms with Crippen LogP contribution in [-0.2, 0) is 0 Å². The average Bonchev–Trinajstić information content (AvgIpc) is 2.77. The Kier molecular flexibility index (Phi) is 5.33. The van der Waals surface area contributed by atoms with E-state index in [9.17, 15) is 0 Å². The third-order valence-corrected chi connectivity index (χ3v) is 5.51. The number of fused-ring (bicyclic) bond motifs is 1. The Bertz CT molecular complexity index is 986. The second-order valence-corrected chi connectivity index (χ2v) is 7.31. The van der Waals surface area contributed by atoms with Crippen molar-refractivity contribution >= 4 is 22.7 Å². The number of ether oxygens (including phenoxy) is 2. The van der Waals surface area contributed by atoms with Crippen molar-refractivity contribution in [2.45, 2.75) is 25.8 Å². The standard InChI is InChI=1S/C21H26N6O2/c1-14-11-22-21(23-12-14)26(2)15-5-7-27(8-6-15)20-16-9-18(28-3)19(29-4)10-17(16)24-13-25-20/h9-13,15H,5-8H2,1-4H3. The Morgan fingerprint density at radius 2 is 1.62 bits per heavy atom. The number of aryl methyl sites for hydroxylation is 1. The zero-order chi connectivity index (χ0) is 20.4. The van der Waals surface area contributed by atoms with Crippen LogP contribution in [0.15, 0.2) is 30.9 Å². The van der Waals surface area contributed by atoms with Gasteiger partial charge in [-0.15, -0.1) is 0 Å². The highest BCUT2D eigenvalue weighted by Crippen LogP contribution is 2.35. The molecule has 0 radical (unpaired) electrons. The summed E-state index contributed by atoms with van der Waals surface area (Å²) >= 11 is 0. The van der Waals surface area contributed by atoms with Crippen molar-refractivity contribution in [3.05, 3.63) is 36.4 Å². The highest BCUT2D eigenvalue weighted by atomic mass is 16.5. The molecule has 8 nitrogen and oxygen atoms in total. The summed E-state index contributed by atoms with van der Waals surface area (Å²) in [5, 5.41) is 0.971. The summed E-state index contributed by atoms with van der Waals surface area (Å²) in [5.74, 6) is 3.06. The van der Waals surface area contributed by atoms with Crippen molar-refractivity contribution in [3.8, 4) is 11.5 Å². The maximum atomic E-state index is 5.47. The summed E-state index contributed by atoms with van der Waals surface area (Å²) in [6.45, 7) is 3.81. The van der Waals surface area contributed by atoms with Crippen molar-refractivity contribution in [3.63, 3.8) is 0 Å². The number of hydrogen-bond acceptors (Lipinski definition) is 8. The maximum absolute atomic E-state index is 5.47. The first-order valence-corrected chi connectivity index (χ1v) is 9.74. The summed E-state index contributed by atoms with van der Waals surface area (Å²) in [4.78, 5) is 22.4. The number of benzene rings is 1. The van der Waals surface area contributed by atoms with Crippen molar-refractivity contribution in [1.82, 2.24) is 19.9 Å². The van der Waals surface area contributed by atoms with E-state index in [1.54, 1.807) is 20.5 Å². The molecule has 29 heavy (non-hydrogen) atoms. The monoisotopic (exact) mass is 394 g/mol. The van der Waals surface area contributed by atoms with Crippen molar-refractivity contribution in [2.75, 3.05) is 44.2 Å². The van der Waals surface area contributed by atoms with Gasteiger partial charge in [-0.2, -0.15) is 0 Å². The molecule has 8 heteroatoms. The molecule has 2 aromatic heterocycles.